The summed E-state index contributed by atoms with van der Waals surface area (Å²) < 4.78 is 6.58. The number of rotatable bonds is 4. The number of carbonyl (C=O) groups is 2. The van der Waals surface area contributed by atoms with Crippen molar-refractivity contribution in [1.82, 2.24) is 0 Å². The van der Waals surface area contributed by atoms with Crippen molar-refractivity contribution < 1.29 is 24.3 Å². The summed E-state index contributed by atoms with van der Waals surface area (Å²) >= 11 is 6.74. The lowest BCUT2D eigenvalue weighted by atomic mass is 9.90. The average Bonchev–Trinajstić information content (AvgIpc) is 3.33. The van der Waals surface area contributed by atoms with Gasteiger partial charge in [-0.05, 0) is 70.0 Å². The molecule has 33 heavy (non-hydrogen) atoms. The molecular formula is C24H18Br2N2O5. The fourth-order valence-corrected chi connectivity index (χ4v) is 5.04. The third-order valence-electron chi connectivity index (χ3n) is 5.82. The number of hydrogen-bond acceptors (Lipinski definition) is 6. The molecule has 5 rings (SSSR count). The summed E-state index contributed by atoms with van der Waals surface area (Å²) in [5.41, 5.74) is 1.85. The highest BCUT2D eigenvalue weighted by Gasteiger charge is 2.60. The van der Waals surface area contributed by atoms with Gasteiger partial charge in [0.25, 0.3) is 5.91 Å². The van der Waals surface area contributed by atoms with E-state index in [0.717, 1.165) is 4.47 Å². The van der Waals surface area contributed by atoms with Crippen LogP contribution in [0.5, 0.6) is 11.5 Å². The smallest absolute Gasteiger partial charge is 0.266 e. The van der Waals surface area contributed by atoms with Crippen molar-refractivity contribution in [3.8, 4) is 11.5 Å². The standard InChI is InChI=1S/C24H18Br2N2O5/c1-32-18-12-13(11-17(26)21(18)29)20-19-22(33-28(20)16-5-3-2-4-6-16)24(31)27(23(19)30)15-9-7-14(25)8-10-15/h2-12,19-20,22,29H,1H3/t19-,20-,22-/m1/s1. The number of fused-ring (bicyclic) bond motifs is 1. The summed E-state index contributed by atoms with van der Waals surface area (Å²) in [6, 6.07) is 19.0. The number of hydrogen-bond donors (Lipinski definition) is 1. The first-order valence-electron chi connectivity index (χ1n) is 10.1. The quantitative estimate of drug-likeness (QED) is 0.444. The Morgan fingerprint density at radius 3 is 2.30 bits per heavy atom. The summed E-state index contributed by atoms with van der Waals surface area (Å²) in [5.74, 6) is -1.35. The Morgan fingerprint density at radius 2 is 1.64 bits per heavy atom. The topological polar surface area (TPSA) is 79.3 Å². The lowest BCUT2D eigenvalue weighted by Crippen LogP contribution is -2.37. The van der Waals surface area contributed by atoms with E-state index in [1.165, 1.54) is 12.0 Å². The van der Waals surface area contributed by atoms with Crippen LogP contribution in [-0.2, 0) is 14.4 Å². The Kier molecular flexibility index (Phi) is 5.64. The van der Waals surface area contributed by atoms with E-state index in [4.69, 9.17) is 9.57 Å². The molecule has 2 aliphatic rings. The third-order valence-corrected chi connectivity index (χ3v) is 6.96. The molecule has 9 heteroatoms. The number of carbonyl (C=O) groups excluding carboxylic acids is 2. The Hall–Kier alpha value is -2.88. The SMILES string of the molecule is COc1cc([C@@H]2[C@H]3C(=O)N(c4ccc(Br)cc4)C(=O)[C@@H]3ON2c2ccccc2)cc(Br)c1O. The molecule has 2 saturated heterocycles. The fourth-order valence-electron chi connectivity index (χ4n) is 4.32. The van der Waals surface area contributed by atoms with Crippen LogP contribution in [0.1, 0.15) is 11.6 Å². The second-order valence-electron chi connectivity index (χ2n) is 7.70. The van der Waals surface area contributed by atoms with Gasteiger partial charge in [-0.15, -0.1) is 0 Å². The molecule has 2 fully saturated rings. The maximum atomic E-state index is 13.6. The maximum absolute atomic E-state index is 13.6. The van der Waals surface area contributed by atoms with E-state index in [1.807, 2.05) is 30.3 Å². The van der Waals surface area contributed by atoms with Gasteiger partial charge in [0.1, 0.15) is 5.92 Å². The highest BCUT2D eigenvalue weighted by Crippen LogP contribution is 2.49. The number of imide groups is 1. The lowest BCUT2D eigenvalue weighted by molar-refractivity contribution is -0.126. The number of hydroxylamine groups is 1. The molecule has 3 atom stereocenters. The summed E-state index contributed by atoms with van der Waals surface area (Å²) in [7, 11) is 1.45. The number of phenols is 1. The number of benzene rings is 3. The van der Waals surface area contributed by atoms with E-state index >= 15 is 0 Å². The summed E-state index contributed by atoms with van der Waals surface area (Å²) in [5, 5.41) is 11.9. The molecule has 0 aliphatic carbocycles. The van der Waals surface area contributed by atoms with Gasteiger partial charge >= 0.3 is 0 Å². The van der Waals surface area contributed by atoms with Crippen LogP contribution in [0.2, 0.25) is 0 Å². The molecule has 3 aromatic rings. The van der Waals surface area contributed by atoms with E-state index in [0.29, 0.717) is 21.4 Å². The van der Waals surface area contributed by atoms with Crippen molar-refractivity contribution in [2.75, 3.05) is 17.1 Å². The number of halogens is 2. The molecule has 0 aromatic heterocycles. The van der Waals surface area contributed by atoms with Crippen molar-refractivity contribution in [1.29, 1.82) is 0 Å². The Bertz CT molecular complexity index is 1240. The van der Waals surface area contributed by atoms with Gasteiger partial charge in [0.15, 0.2) is 17.6 Å². The van der Waals surface area contributed by atoms with Crippen LogP contribution >= 0.6 is 31.9 Å². The molecule has 168 valence electrons. The minimum Gasteiger partial charge on any atom is -0.503 e. The minimum atomic E-state index is -0.982. The zero-order valence-electron chi connectivity index (χ0n) is 17.3. The average molecular weight is 574 g/mol. The van der Waals surface area contributed by atoms with Crippen LogP contribution in [0.15, 0.2) is 75.7 Å². The Morgan fingerprint density at radius 1 is 0.939 bits per heavy atom. The lowest BCUT2D eigenvalue weighted by Gasteiger charge is -2.29. The molecule has 0 spiro atoms. The van der Waals surface area contributed by atoms with Gasteiger partial charge in [0.05, 0.1) is 29.0 Å². The zero-order chi connectivity index (χ0) is 23.3. The van der Waals surface area contributed by atoms with E-state index in [-0.39, 0.29) is 17.4 Å². The van der Waals surface area contributed by atoms with Crippen molar-refractivity contribution in [3.63, 3.8) is 0 Å². The highest BCUT2D eigenvalue weighted by molar-refractivity contribution is 9.10. The molecule has 3 aromatic carbocycles. The normalized spacial score (nSPS) is 22.1. The first kappa shape index (κ1) is 21.9. The van der Waals surface area contributed by atoms with E-state index in [2.05, 4.69) is 31.9 Å². The fraction of sp³-hybridized carbons (Fsp3) is 0.167. The second kappa shape index (κ2) is 8.48. The van der Waals surface area contributed by atoms with Crippen molar-refractivity contribution >= 4 is 55.0 Å². The number of aromatic hydroxyl groups is 1. The molecule has 2 amide bonds. The molecule has 0 bridgehead atoms. The van der Waals surface area contributed by atoms with Crippen LogP contribution in [-0.4, -0.2) is 30.1 Å². The molecule has 7 nitrogen and oxygen atoms in total. The number of phenolic OH excluding ortho intramolecular Hbond substituents is 1. The summed E-state index contributed by atoms with van der Waals surface area (Å²) in [6.45, 7) is 0. The van der Waals surface area contributed by atoms with Gasteiger partial charge < -0.3 is 9.84 Å². The van der Waals surface area contributed by atoms with Gasteiger partial charge in [0.2, 0.25) is 5.91 Å². The largest absolute Gasteiger partial charge is 0.503 e. The molecule has 1 N–H and O–H groups in total. The molecular weight excluding hydrogens is 556 g/mol. The van der Waals surface area contributed by atoms with Gasteiger partial charge in [-0.2, -0.15) is 0 Å². The van der Waals surface area contributed by atoms with Crippen LogP contribution in [0, 0.1) is 5.92 Å². The first-order chi connectivity index (χ1) is 15.9. The third kappa shape index (κ3) is 3.60. The highest BCUT2D eigenvalue weighted by atomic mass is 79.9. The number of nitrogens with zero attached hydrogens (tertiary/aromatic N) is 2. The van der Waals surface area contributed by atoms with Crippen LogP contribution in [0.4, 0.5) is 11.4 Å². The zero-order valence-corrected chi connectivity index (χ0v) is 20.5. The minimum absolute atomic E-state index is 0.0479. The Balaban J connectivity index is 1.62. The van der Waals surface area contributed by atoms with Gasteiger partial charge in [0, 0.05) is 4.47 Å². The monoisotopic (exact) mass is 572 g/mol. The maximum Gasteiger partial charge on any atom is 0.266 e. The van der Waals surface area contributed by atoms with Gasteiger partial charge in [-0.3, -0.25) is 14.4 Å². The van der Waals surface area contributed by atoms with Crippen molar-refractivity contribution in [3.05, 3.63) is 81.2 Å². The number of amides is 2. The van der Waals surface area contributed by atoms with E-state index in [9.17, 15) is 14.7 Å². The van der Waals surface area contributed by atoms with Crippen LogP contribution in [0.3, 0.4) is 0 Å². The number of para-hydroxylation sites is 1. The van der Waals surface area contributed by atoms with Crippen LogP contribution < -0.4 is 14.7 Å². The molecule has 2 aliphatic heterocycles. The Labute approximate surface area is 206 Å². The first-order valence-corrected chi connectivity index (χ1v) is 11.7. The predicted molar refractivity (Wildman–Crippen MR) is 129 cm³/mol. The molecule has 0 radical (unpaired) electrons. The van der Waals surface area contributed by atoms with Gasteiger partial charge in [-0.25, -0.2) is 9.96 Å². The molecule has 0 unspecified atom stereocenters. The van der Waals surface area contributed by atoms with Crippen LogP contribution in [0.25, 0.3) is 0 Å². The van der Waals surface area contributed by atoms with Crippen molar-refractivity contribution in [2.24, 2.45) is 5.92 Å². The number of ether oxygens (including phenoxy) is 1. The second-order valence-corrected chi connectivity index (χ2v) is 9.47. The van der Waals surface area contributed by atoms with Gasteiger partial charge in [-0.1, -0.05) is 34.1 Å². The molecule has 0 saturated carbocycles. The predicted octanol–water partition coefficient (Wildman–Crippen LogP) is 4.98. The van der Waals surface area contributed by atoms with E-state index in [1.54, 1.807) is 41.5 Å². The van der Waals surface area contributed by atoms with E-state index < -0.39 is 24.0 Å². The summed E-state index contributed by atoms with van der Waals surface area (Å²) in [4.78, 5) is 34.3. The van der Waals surface area contributed by atoms with Crippen molar-refractivity contribution in [2.45, 2.75) is 12.1 Å². The molecule has 2 heterocycles. The number of anilines is 2. The number of methoxy groups -OCH3 is 1. The summed E-state index contributed by atoms with van der Waals surface area (Å²) in [6.07, 6.45) is -0.982.